The van der Waals surface area contributed by atoms with Gasteiger partial charge >= 0.3 is 0 Å². The second-order valence-electron chi connectivity index (χ2n) is 6.69. The predicted molar refractivity (Wildman–Crippen MR) is 89.2 cm³/mol. The van der Waals surface area contributed by atoms with Gasteiger partial charge in [0, 0.05) is 11.8 Å². The van der Waals surface area contributed by atoms with Gasteiger partial charge in [-0.25, -0.2) is 4.98 Å². The van der Waals surface area contributed by atoms with Gasteiger partial charge in [-0.05, 0) is 57.4 Å². The molecule has 0 spiro atoms. The molecule has 1 aromatic heterocycles. The summed E-state index contributed by atoms with van der Waals surface area (Å²) in [6, 6.07) is 9.84. The standard InChI is InChI=1S/C19H23NO3/c1-19(2,3)23-16-11-10-14-13(16)7-5-8-15(14)22-17-9-6-12-20-18(17)21-4/h5-9,12,16H,10-11H2,1-4H3. The predicted octanol–water partition coefficient (Wildman–Crippen LogP) is 4.68. The Labute approximate surface area is 137 Å². The third-order valence-electron chi connectivity index (χ3n) is 3.82. The van der Waals surface area contributed by atoms with Gasteiger partial charge in [0.05, 0.1) is 18.8 Å². The monoisotopic (exact) mass is 313 g/mol. The lowest BCUT2D eigenvalue weighted by atomic mass is 10.1. The molecule has 0 amide bonds. The molecule has 0 radical (unpaired) electrons. The SMILES string of the molecule is COc1ncccc1Oc1cccc2c1CCC2OC(C)(C)C. The summed E-state index contributed by atoms with van der Waals surface area (Å²) in [5.41, 5.74) is 2.28. The van der Waals surface area contributed by atoms with Gasteiger partial charge in [0.25, 0.3) is 5.88 Å². The first kappa shape index (κ1) is 15.8. The Bertz CT molecular complexity index is 691. The molecule has 23 heavy (non-hydrogen) atoms. The number of methoxy groups -OCH3 is 1. The molecule has 0 saturated carbocycles. The summed E-state index contributed by atoms with van der Waals surface area (Å²) in [6.45, 7) is 6.27. The van der Waals surface area contributed by atoms with Crippen molar-refractivity contribution in [1.29, 1.82) is 0 Å². The van der Waals surface area contributed by atoms with Crippen molar-refractivity contribution in [2.75, 3.05) is 7.11 Å². The van der Waals surface area contributed by atoms with E-state index in [1.807, 2.05) is 24.3 Å². The maximum absolute atomic E-state index is 6.18. The van der Waals surface area contributed by atoms with Crippen LogP contribution in [0.1, 0.15) is 44.4 Å². The molecule has 0 N–H and O–H groups in total. The number of nitrogens with zero attached hydrogens (tertiary/aromatic N) is 1. The molecule has 1 heterocycles. The number of fused-ring (bicyclic) bond motifs is 1. The van der Waals surface area contributed by atoms with Crippen molar-refractivity contribution < 1.29 is 14.2 Å². The Morgan fingerprint density at radius 1 is 1.09 bits per heavy atom. The molecule has 122 valence electrons. The van der Waals surface area contributed by atoms with Crippen molar-refractivity contribution in [3.05, 3.63) is 47.7 Å². The second-order valence-corrected chi connectivity index (χ2v) is 6.69. The van der Waals surface area contributed by atoms with E-state index in [2.05, 4.69) is 31.8 Å². The number of aromatic nitrogens is 1. The Morgan fingerprint density at radius 3 is 2.61 bits per heavy atom. The normalized spacial score (nSPS) is 17.0. The minimum absolute atomic E-state index is 0.129. The highest BCUT2D eigenvalue weighted by molar-refractivity contribution is 5.47. The molecule has 1 unspecified atom stereocenters. The average molecular weight is 313 g/mol. The highest BCUT2D eigenvalue weighted by Gasteiger charge is 2.29. The smallest absolute Gasteiger partial charge is 0.257 e. The van der Waals surface area contributed by atoms with E-state index >= 15 is 0 Å². The topological polar surface area (TPSA) is 40.6 Å². The zero-order chi connectivity index (χ0) is 16.4. The van der Waals surface area contributed by atoms with Gasteiger partial charge in [-0.3, -0.25) is 0 Å². The summed E-state index contributed by atoms with van der Waals surface area (Å²) in [7, 11) is 1.60. The molecular formula is C19H23NO3. The van der Waals surface area contributed by atoms with Crippen LogP contribution in [-0.2, 0) is 11.2 Å². The van der Waals surface area contributed by atoms with E-state index in [4.69, 9.17) is 14.2 Å². The van der Waals surface area contributed by atoms with E-state index in [-0.39, 0.29) is 11.7 Å². The number of hydrogen-bond acceptors (Lipinski definition) is 4. The quantitative estimate of drug-likeness (QED) is 0.821. The molecule has 1 aromatic carbocycles. The highest BCUT2D eigenvalue weighted by Crippen LogP contribution is 2.42. The first-order chi connectivity index (χ1) is 11.0. The van der Waals surface area contributed by atoms with Crippen molar-refractivity contribution in [3.63, 3.8) is 0 Å². The van der Waals surface area contributed by atoms with Crippen LogP contribution >= 0.6 is 0 Å². The van der Waals surface area contributed by atoms with Gasteiger partial charge in [0.2, 0.25) is 0 Å². The molecule has 2 aromatic rings. The van der Waals surface area contributed by atoms with E-state index in [1.54, 1.807) is 13.3 Å². The molecule has 0 fully saturated rings. The molecule has 0 bridgehead atoms. The number of benzene rings is 1. The van der Waals surface area contributed by atoms with Gasteiger partial charge in [-0.15, -0.1) is 0 Å². The van der Waals surface area contributed by atoms with E-state index in [9.17, 15) is 0 Å². The van der Waals surface area contributed by atoms with Gasteiger partial charge < -0.3 is 14.2 Å². The van der Waals surface area contributed by atoms with Crippen LogP contribution in [0, 0.1) is 0 Å². The molecule has 1 aliphatic carbocycles. The summed E-state index contributed by atoms with van der Waals surface area (Å²) in [5.74, 6) is 1.97. The van der Waals surface area contributed by atoms with E-state index in [0.29, 0.717) is 11.6 Å². The summed E-state index contributed by atoms with van der Waals surface area (Å²) in [5, 5.41) is 0. The van der Waals surface area contributed by atoms with Gasteiger partial charge in [-0.2, -0.15) is 0 Å². The van der Waals surface area contributed by atoms with Crippen LogP contribution in [0.3, 0.4) is 0 Å². The molecule has 4 nitrogen and oxygen atoms in total. The summed E-state index contributed by atoms with van der Waals surface area (Å²) < 4.78 is 17.5. The lowest BCUT2D eigenvalue weighted by molar-refractivity contribution is -0.0605. The van der Waals surface area contributed by atoms with Crippen molar-refractivity contribution in [1.82, 2.24) is 4.98 Å². The third kappa shape index (κ3) is 3.48. The lowest BCUT2D eigenvalue weighted by Crippen LogP contribution is -2.21. The lowest BCUT2D eigenvalue weighted by Gasteiger charge is -2.25. The van der Waals surface area contributed by atoms with Crippen molar-refractivity contribution in [2.24, 2.45) is 0 Å². The van der Waals surface area contributed by atoms with Crippen LogP contribution in [-0.4, -0.2) is 17.7 Å². The van der Waals surface area contributed by atoms with Crippen LogP contribution in [0.5, 0.6) is 17.4 Å². The second kappa shape index (κ2) is 6.20. The highest BCUT2D eigenvalue weighted by atomic mass is 16.5. The van der Waals surface area contributed by atoms with Crippen molar-refractivity contribution in [3.8, 4) is 17.4 Å². The van der Waals surface area contributed by atoms with Crippen LogP contribution in [0.15, 0.2) is 36.5 Å². The largest absolute Gasteiger partial charge is 0.478 e. The summed E-state index contributed by atoms with van der Waals surface area (Å²) in [6.07, 6.45) is 3.75. The van der Waals surface area contributed by atoms with Gasteiger partial charge in [0.15, 0.2) is 5.75 Å². The molecule has 0 aliphatic heterocycles. The molecular weight excluding hydrogens is 290 g/mol. The van der Waals surface area contributed by atoms with E-state index in [1.165, 1.54) is 11.1 Å². The summed E-state index contributed by atoms with van der Waals surface area (Å²) in [4.78, 5) is 4.18. The Kier molecular flexibility index (Phi) is 4.26. The average Bonchev–Trinajstić information content (AvgIpc) is 2.90. The molecule has 4 heteroatoms. The first-order valence-corrected chi connectivity index (χ1v) is 7.94. The fourth-order valence-corrected chi connectivity index (χ4v) is 2.95. The number of ether oxygens (including phenoxy) is 3. The van der Waals surface area contributed by atoms with E-state index in [0.717, 1.165) is 18.6 Å². The first-order valence-electron chi connectivity index (χ1n) is 7.94. The van der Waals surface area contributed by atoms with Crippen molar-refractivity contribution in [2.45, 2.75) is 45.3 Å². The molecule has 1 aliphatic rings. The maximum atomic E-state index is 6.18. The minimum atomic E-state index is -0.157. The molecule has 0 saturated heterocycles. The fourth-order valence-electron chi connectivity index (χ4n) is 2.95. The van der Waals surface area contributed by atoms with Crippen molar-refractivity contribution >= 4 is 0 Å². The van der Waals surface area contributed by atoms with Crippen LogP contribution < -0.4 is 9.47 Å². The summed E-state index contributed by atoms with van der Waals surface area (Å²) >= 11 is 0. The van der Waals surface area contributed by atoms with Crippen LogP contribution in [0.4, 0.5) is 0 Å². The van der Waals surface area contributed by atoms with Gasteiger partial charge in [-0.1, -0.05) is 12.1 Å². The zero-order valence-corrected chi connectivity index (χ0v) is 14.1. The third-order valence-corrected chi connectivity index (χ3v) is 3.82. The van der Waals surface area contributed by atoms with Crippen LogP contribution in [0.2, 0.25) is 0 Å². The molecule has 3 rings (SSSR count). The maximum Gasteiger partial charge on any atom is 0.257 e. The number of hydrogen-bond donors (Lipinski definition) is 0. The fraction of sp³-hybridized carbons (Fsp3) is 0.421. The molecule has 1 atom stereocenters. The van der Waals surface area contributed by atoms with E-state index < -0.39 is 0 Å². The minimum Gasteiger partial charge on any atom is -0.478 e. The zero-order valence-electron chi connectivity index (χ0n) is 14.1. The Hall–Kier alpha value is -2.07. The number of rotatable bonds is 4. The number of pyridine rings is 1. The Balaban J connectivity index is 1.89. The van der Waals surface area contributed by atoms with Gasteiger partial charge in [0.1, 0.15) is 5.75 Å². The van der Waals surface area contributed by atoms with Crippen LogP contribution in [0.25, 0.3) is 0 Å². The Morgan fingerprint density at radius 2 is 1.87 bits per heavy atom.